The van der Waals surface area contributed by atoms with E-state index in [1.807, 2.05) is 30.3 Å². The van der Waals surface area contributed by atoms with Gasteiger partial charge in [-0.25, -0.2) is 4.79 Å². The summed E-state index contributed by atoms with van der Waals surface area (Å²) in [7, 11) is 1.49. The van der Waals surface area contributed by atoms with Crippen LogP contribution in [0.2, 0.25) is 0 Å². The van der Waals surface area contributed by atoms with Crippen molar-refractivity contribution in [3.05, 3.63) is 86.6 Å². The zero-order valence-corrected chi connectivity index (χ0v) is 19.2. The summed E-state index contributed by atoms with van der Waals surface area (Å²) in [5.74, 6) is 0.631. The second-order valence-electron chi connectivity index (χ2n) is 7.78. The Kier molecular flexibility index (Phi) is 7.32. The van der Waals surface area contributed by atoms with Crippen molar-refractivity contribution >= 4 is 23.5 Å². The van der Waals surface area contributed by atoms with E-state index in [9.17, 15) is 14.4 Å². The molecule has 182 valence electrons. The van der Waals surface area contributed by atoms with Crippen molar-refractivity contribution in [1.82, 2.24) is 9.55 Å². The van der Waals surface area contributed by atoms with Crippen LogP contribution in [0.5, 0.6) is 11.5 Å². The van der Waals surface area contributed by atoms with Gasteiger partial charge >= 0.3 is 5.69 Å². The molecule has 2 aromatic carbocycles. The van der Waals surface area contributed by atoms with Gasteiger partial charge in [-0.15, -0.1) is 0 Å². The molecule has 0 unspecified atom stereocenters. The molecule has 0 saturated carbocycles. The average molecular weight is 479 g/mol. The molecule has 1 aromatic heterocycles. The first kappa shape index (κ1) is 23.8. The first-order chi connectivity index (χ1) is 17.0. The van der Waals surface area contributed by atoms with Gasteiger partial charge in [-0.05, 0) is 29.3 Å². The van der Waals surface area contributed by atoms with Gasteiger partial charge in [0.15, 0.2) is 17.2 Å². The highest BCUT2D eigenvalue weighted by Crippen LogP contribution is 2.31. The summed E-state index contributed by atoms with van der Waals surface area (Å²) < 4.78 is 17.3. The number of ether oxygens (including phenoxy) is 3. The summed E-state index contributed by atoms with van der Waals surface area (Å²) in [5.41, 5.74) is 6.20. The molecule has 0 saturated heterocycles. The molecule has 0 radical (unpaired) electrons. The number of rotatable bonds is 8. The molecule has 0 atom stereocenters. The third-order valence-corrected chi connectivity index (χ3v) is 5.44. The molecule has 2 heterocycles. The largest absolute Gasteiger partial charge is 0.486 e. The lowest BCUT2D eigenvalue weighted by Crippen LogP contribution is -2.40. The number of hydrogen-bond donors (Lipinski definition) is 2. The normalized spacial score (nSPS) is 12.6. The van der Waals surface area contributed by atoms with Gasteiger partial charge in [0.25, 0.3) is 11.5 Å². The SMILES string of the molecule is COCCn1c(N)c(N(Cc2ccccc2)C(=O)/C=C/c2ccc3c(c2)OCCO3)c(=O)[nH]c1=O. The molecule has 1 aliphatic heterocycles. The summed E-state index contributed by atoms with van der Waals surface area (Å²) in [6.07, 6.45) is 2.96. The minimum absolute atomic E-state index is 0.0704. The van der Waals surface area contributed by atoms with Crippen molar-refractivity contribution in [3.63, 3.8) is 0 Å². The molecule has 0 spiro atoms. The third-order valence-electron chi connectivity index (χ3n) is 5.44. The number of nitrogens with zero attached hydrogens (tertiary/aromatic N) is 2. The Morgan fingerprint density at radius 3 is 2.63 bits per heavy atom. The number of aromatic amines is 1. The maximum atomic E-state index is 13.4. The second kappa shape index (κ2) is 10.7. The lowest BCUT2D eigenvalue weighted by molar-refractivity contribution is -0.114. The molecule has 0 fully saturated rings. The Hall–Kier alpha value is -4.31. The molecule has 1 amide bonds. The zero-order chi connectivity index (χ0) is 24.8. The van der Waals surface area contributed by atoms with Crippen LogP contribution in [0.25, 0.3) is 6.08 Å². The molecule has 10 nitrogen and oxygen atoms in total. The summed E-state index contributed by atoms with van der Waals surface area (Å²) >= 11 is 0. The minimum atomic E-state index is -0.752. The molecule has 0 aliphatic carbocycles. The second-order valence-corrected chi connectivity index (χ2v) is 7.78. The van der Waals surface area contributed by atoms with Gasteiger partial charge in [0, 0.05) is 13.2 Å². The van der Waals surface area contributed by atoms with Crippen molar-refractivity contribution in [2.75, 3.05) is 37.6 Å². The molecule has 3 N–H and O–H groups in total. The van der Waals surface area contributed by atoms with E-state index in [0.29, 0.717) is 30.3 Å². The Morgan fingerprint density at radius 2 is 1.89 bits per heavy atom. The highest BCUT2D eigenvalue weighted by Gasteiger charge is 2.23. The van der Waals surface area contributed by atoms with Gasteiger partial charge in [0.05, 0.1) is 19.7 Å². The maximum Gasteiger partial charge on any atom is 0.330 e. The van der Waals surface area contributed by atoms with E-state index in [1.54, 1.807) is 24.3 Å². The molecule has 0 bridgehead atoms. The molecule has 10 heteroatoms. The van der Waals surface area contributed by atoms with Gasteiger partial charge in [-0.2, -0.15) is 0 Å². The first-order valence-corrected chi connectivity index (χ1v) is 11.0. The van der Waals surface area contributed by atoms with Crippen LogP contribution in [0.1, 0.15) is 11.1 Å². The first-order valence-electron chi connectivity index (χ1n) is 11.0. The highest BCUT2D eigenvalue weighted by molar-refractivity contribution is 6.05. The Morgan fingerprint density at radius 1 is 1.14 bits per heavy atom. The number of fused-ring (bicyclic) bond motifs is 1. The molecule has 35 heavy (non-hydrogen) atoms. The Bertz CT molecular complexity index is 1350. The Balaban J connectivity index is 1.71. The van der Waals surface area contributed by atoms with Crippen LogP contribution in [0.4, 0.5) is 11.5 Å². The number of hydrogen-bond acceptors (Lipinski definition) is 7. The smallest absolute Gasteiger partial charge is 0.330 e. The topological polar surface area (TPSA) is 129 Å². The average Bonchev–Trinajstić information content (AvgIpc) is 2.87. The summed E-state index contributed by atoms with van der Waals surface area (Å²) in [4.78, 5) is 42.1. The van der Waals surface area contributed by atoms with E-state index >= 15 is 0 Å². The molecular weight excluding hydrogens is 452 g/mol. The number of nitrogen functional groups attached to an aromatic ring is 1. The Labute approximate surface area is 201 Å². The van der Waals surface area contributed by atoms with E-state index in [4.69, 9.17) is 19.9 Å². The van der Waals surface area contributed by atoms with E-state index in [0.717, 1.165) is 5.56 Å². The lowest BCUT2D eigenvalue weighted by Gasteiger charge is -2.23. The number of anilines is 2. The fourth-order valence-corrected chi connectivity index (χ4v) is 3.70. The van der Waals surface area contributed by atoms with Crippen LogP contribution in [0, 0.1) is 0 Å². The van der Waals surface area contributed by atoms with Crippen LogP contribution in [0.15, 0.2) is 64.2 Å². The van der Waals surface area contributed by atoms with Gasteiger partial charge in [-0.1, -0.05) is 36.4 Å². The molecule has 1 aliphatic rings. The summed E-state index contributed by atoms with van der Waals surface area (Å²) in [6, 6.07) is 14.5. The van der Waals surface area contributed by atoms with Crippen molar-refractivity contribution in [3.8, 4) is 11.5 Å². The third kappa shape index (κ3) is 5.44. The van der Waals surface area contributed by atoms with Crippen LogP contribution in [-0.2, 0) is 22.6 Å². The van der Waals surface area contributed by atoms with Crippen molar-refractivity contribution in [2.45, 2.75) is 13.1 Å². The van der Waals surface area contributed by atoms with Gasteiger partial charge in [-0.3, -0.25) is 24.0 Å². The number of nitrogens with one attached hydrogen (secondary N) is 1. The van der Waals surface area contributed by atoms with E-state index in [2.05, 4.69) is 4.98 Å². The molecule has 4 rings (SSSR count). The predicted molar refractivity (Wildman–Crippen MR) is 132 cm³/mol. The minimum Gasteiger partial charge on any atom is -0.486 e. The number of carbonyl (C=O) groups excluding carboxylic acids is 1. The number of methoxy groups -OCH3 is 1. The van der Waals surface area contributed by atoms with Crippen molar-refractivity contribution < 1.29 is 19.0 Å². The number of nitrogens with two attached hydrogens (primary N) is 1. The van der Waals surface area contributed by atoms with Gasteiger partial charge in [0.2, 0.25) is 0 Å². The summed E-state index contributed by atoms with van der Waals surface area (Å²) in [6.45, 7) is 1.32. The van der Waals surface area contributed by atoms with Gasteiger partial charge in [0.1, 0.15) is 19.0 Å². The van der Waals surface area contributed by atoms with E-state index < -0.39 is 17.2 Å². The summed E-state index contributed by atoms with van der Waals surface area (Å²) in [5, 5.41) is 0. The molecular formula is C25H26N4O6. The highest BCUT2D eigenvalue weighted by atomic mass is 16.6. The fraction of sp³-hybridized carbons (Fsp3) is 0.240. The molecule has 3 aromatic rings. The van der Waals surface area contributed by atoms with Crippen LogP contribution in [0.3, 0.4) is 0 Å². The van der Waals surface area contributed by atoms with Crippen LogP contribution >= 0.6 is 0 Å². The van der Waals surface area contributed by atoms with Crippen molar-refractivity contribution in [2.24, 2.45) is 0 Å². The van der Waals surface area contributed by atoms with E-state index in [-0.39, 0.29) is 31.2 Å². The van der Waals surface area contributed by atoms with Crippen molar-refractivity contribution in [1.29, 1.82) is 0 Å². The van der Waals surface area contributed by atoms with E-state index in [1.165, 1.54) is 22.7 Å². The maximum absolute atomic E-state index is 13.4. The van der Waals surface area contributed by atoms with Crippen LogP contribution < -0.4 is 31.4 Å². The number of H-pyrrole nitrogens is 1. The van der Waals surface area contributed by atoms with Gasteiger partial charge < -0.3 is 19.9 Å². The zero-order valence-electron chi connectivity index (χ0n) is 19.2. The number of carbonyl (C=O) groups is 1. The predicted octanol–water partition coefficient (Wildman–Crippen LogP) is 1.78. The van der Waals surface area contributed by atoms with Crippen LogP contribution in [-0.4, -0.2) is 42.4 Å². The number of amides is 1. The number of benzene rings is 2. The lowest BCUT2D eigenvalue weighted by atomic mass is 10.1. The monoisotopic (exact) mass is 478 g/mol. The fourth-order valence-electron chi connectivity index (χ4n) is 3.70. The standard InChI is InChI=1S/C25H26N4O6/c1-33-12-11-28-23(26)22(24(31)27-25(28)32)29(16-18-5-3-2-4-6-18)21(30)10-8-17-7-9-19-20(15-17)35-14-13-34-19/h2-10,15H,11-14,16,26H2,1H3,(H,27,31,32)/b10-8+. The quantitative estimate of drug-likeness (QED) is 0.472. The number of aromatic nitrogens is 2.